The van der Waals surface area contributed by atoms with Gasteiger partial charge in [-0.2, -0.15) is 0 Å². The lowest BCUT2D eigenvalue weighted by atomic mass is 10.2. The summed E-state index contributed by atoms with van der Waals surface area (Å²) >= 11 is 7.82. The van der Waals surface area contributed by atoms with Crippen LogP contribution in [0, 0.1) is 5.82 Å². The smallest absolute Gasteiger partial charge is 0.312 e. The SMILES string of the molecule is CSc1ccc(Nc2c(C(=O)NOCCO)oc3c(F)cncc23)c(Cl)c1. The molecule has 3 N–H and O–H groups in total. The molecule has 10 heteroatoms. The number of aliphatic hydroxyl groups is 1. The molecule has 0 unspecified atom stereocenters. The molecular weight excluding hydrogens is 397 g/mol. The number of rotatable bonds is 7. The summed E-state index contributed by atoms with van der Waals surface area (Å²) in [4.78, 5) is 21.9. The Kier molecular flexibility index (Phi) is 6.17. The molecule has 0 saturated carbocycles. The molecule has 3 aromatic rings. The van der Waals surface area contributed by atoms with Gasteiger partial charge in [0, 0.05) is 11.1 Å². The number of nitrogens with zero attached hydrogens (tertiary/aromatic N) is 1. The van der Waals surface area contributed by atoms with Gasteiger partial charge in [-0.1, -0.05) is 11.6 Å². The van der Waals surface area contributed by atoms with Gasteiger partial charge >= 0.3 is 5.91 Å². The molecular formula is C17H15ClFN3O4S. The Morgan fingerprint density at radius 2 is 2.26 bits per heavy atom. The van der Waals surface area contributed by atoms with Crippen LogP contribution in [0.15, 0.2) is 39.9 Å². The van der Waals surface area contributed by atoms with E-state index >= 15 is 0 Å². The number of amides is 1. The molecule has 0 aliphatic carbocycles. The van der Waals surface area contributed by atoms with E-state index in [9.17, 15) is 9.18 Å². The number of halogens is 2. The maximum Gasteiger partial charge on any atom is 0.312 e. The largest absolute Gasteiger partial charge is 0.445 e. The normalized spacial score (nSPS) is 11.0. The van der Waals surface area contributed by atoms with Crippen molar-refractivity contribution in [1.29, 1.82) is 0 Å². The summed E-state index contributed by atoms with van der Waals surface area (Å²) in [6.45, 7) is -0.381. The minimum atomic E-state index is -0.751. The van der Waals surface area contributed by atoms with E-state index in [-0.39, 0.29) is 35.6 Å². The van der Waals surface area contributed by atoms with E-state index in [1.54, 1.807) is 12.1 Å². The second-order valence-electron chi connectivity index (χ2n) is 5.28. The average Bonchev–Trinajstić information content (AvgIpc) is 3.03. The number of hydrogen-bond donors (Lipinski definition) is 3. The fourth-order valence-electron chi connectivity index (χ4n) is 2.33. The first-order chi connectivity index (χ1) is 13.0. The van der Waals surface area contributed by atoms with E-state index in [2.05, 4.69) is 15.8 Å². The third-order valence-corrected chi connectivity index (χ3v) is 4.59. The molecule has 3 rings (SSSR count). The van der Waals surface area contributed by atoms with E-state index in [1.807, 2.05) is 12.3 Å². The summed E-state index contributed by atoms with van der Waals surface area (Å²) in [7, 11) is 0. The Bertz CT molecular complexity index is 982. The van der Waals surface area contributed by atoms with Crippen molar-refractivity contribution in [1.82, 2.24) is 10.5 Å². The number of carbonyl (C=O) groups excluding carboxylic acids is 1. The Morgan fingerprint density at radius 1 is 1.44 bits per heavy atom. The van der Waals surface area contributed by atoms with Crippen molar-refractivity contribution >= 4 is 51.6 Å². The van der Waals surface area contributed by atoms with Crippen LogP contribution in [-0.2, 0) is 4.84 Å². The van der Waals surface area contributed by atoms with Gasteiger partial charge in [0.15, 0.2) is 11.4 Å². The summed E-state index contributed by atoms with van der Waals surface area (Å²) in [6, 6.07) is 5.35. The van der Waals surface area contributed by atoms with Gasteiger partial charge in [0.25, 0.3) is 0 Å². The Balaban J connectivity index is 2.03. The van der Waals surface area contributed by atoms with Crippen LogP contribution in [-0.4, -0.2) is 35.5 Å². The number of benzene rings is 1. The molecule has 2 aromatic heterocycles. The van der Waals surface area contributed by atoms with Crippen LogP contribution in [0.1, 0.15) is 10.6 Å². The summed E-state index contributed by atoms with van der Waals surface area (Å²) in [5.74, 6) is -1.67. The zero-order valence-electron chi connectivity index (χ0n) is 14.1. The molecule has 0 saturated heterocycles. The second-order valence-corrected chi connectivity index (χ2v) is 6.57. The van der Waals surface area contributed by atoms with Crippen LogP contribution in [0.3, 0.4) is 0 Å². The first-order valence-electron chi connectivity index (χ1n) is 7.74. The molecule has 0 fully saturated rings. The maximum atomic E-state index is 14.1. The highest BCUT2D eigenvalue weighted by Gasteiger charge is 2.24. The number of aromatic nitrogens is 1. The van der Waals surface area contributed by atoms with Gasteiger partial charge in [0.2, 0.25) is 5.76 Å². The Hall–Kier alpha value is -2.33. The minimum Gasteiger partial charge on any atom is -0.445 e. The Morgan fingerprint density at radius 3 is 2.96 bits per heavy atom. The molecule has 0 spiro atoms. The van der Waals surface area contributed by atoms with Gasteiger partial charge in [-0.05, 0) is 24.5 Å². The molecule has 142 valence electrons. The average molecular weight is 412 g/mol. The number of hydroxylamine groups is 1. The highest BCUT2D eigenvalue weighted by atomic mass is 35.5. The highest BCUT2D eigenvalue weighted by molar-refractivity contribution is 7.98. The van der Waals surface area contributed by atoms with Gasteiger partial charge in [-0.15, -0.1) is 11.8 Å². The van der Waals surface area contributed by atoms with Crippen molar-refractivity contribution < 1.29 is 23.5 Å². The molecule has 0 radical (unpaired) electrons. The summed E-state index contributed by atoms with van der Waals surface area (Å²) < 4.78 is 19.5. The number of anilines is 2. The standard InChI is InChI=1S/C17H15ClFN3O4S/c1-27-9-2-3-13(11(18)6-9)21-14-10-7-20-8-12(19)15(10)26-16(14)17(24)22-25-5-4-23/h2-3,6-8,21,23H,4-5H2,1H3,(H,22,24). The van der Waals surface area contributed by atoms with Crippen LogP contribution in [0.4, 0.5) is 15.8 Å². The lowest BCUT2D eigenvalue weighted by Crippen LogP contribution is -2.25. The van der Waals surface area contributed by atoms with E-state index < -0.39 is 11.7 Å². The van der Waals surface area contributed by atoms with E-state index in [0.29, 0.717) is 10.7 Å². The lowest BCUT2D eigenvalue weighted by Gasteiger charge is -2.10. The van der Waals surface area contributed by atoms with Crippen LogP contribution in [0.25, 0.3) is 11.0 Å². The molecule has 1 aromatic carbocycles. The van der Waals surface area contributed by atoms with Crippen molar-refractivity contribution in [2.75, 3.05) is 24.8 Å². The number of fused-ring (bicyclic) bond motifs is 1. The monoisotopic (exact) mass is 411 g/mol. The number of aliphatic hydroxyl groups excluding tert-OH is 1. The van der Waals surface area contributed by atoms with E-state index in [4.69, 9.17) is 26.0 Å². The quantitative estimate of drug-likeness (QED) is 0.309. The molecule has 0 aliphatic rings. The summed E-state index contributed by atoms with van der Waals surface area (Å²) in [5.41, 5.74) is 2.70. The van der Waals surface area contributed by atoms with Crippen molar-refractivity contribution in [2.24, 2.45) is 0 Å². The van der Waals surface area contributed by atoms with Crippen LogP contribution in [0.2, 0.25) is 5.02 Å². The molecule has 7 nitrogen and oxygen atoms in total. The molecule has 27 heavy (non-hydrogen) atoms. The topological polar surface area (TPSA) is 96.6 Å². The third-order valence-electron chi connectivity index (χ3n) is 3.55. The molecule has 2 heterocycles. The van der Waals surface area contributed by atoms with Crippen molar-refractivity contribution in [3.8, 4) is 0 Å². The highest BCUT2D eigenvalue weighted by Crippen LogP contribution is 2.36. The van der Waals surface area contributed by atoms with Crippen molar-refractivity contribution in [3.63, 3.8) is 0 Å². The zero-order chi connectivity index (χ0) is 19.4. The summed E-state index contributed by atoms with van der Waals surface area (Å²) in [5, 5.41) is 12.4. The predicted octanol–water partition coefficient (Wildman–Crippen LogP) is 3.74. The number of pyridine rings is 1. The minimum absolute atomic E-state index is 0.105. The van der Waals surface area contributed by atoms with Crippen LogP contribution < -0.4 is 10.8 Å². The van der Waals surface area contributed by atoms with Gasteiger partial charge in [0.05, 0.1) is 35.5 Å². The molecule has 0 atom stereocenters. The number of nitrogens with one attached hydrogen (secondary N) is 2. The zero-order valence-corrected chi connectivity index (χ0v) is 15.7. The third kappa shape index (κ3) is 4.16. The van der Waals surface area contributed by atoms with Gasteiger partial charge < -0.3 is 14.8 Å². The fourth-order valence-corrected chi connectivity index (χ4v) is 3.06. The second kappa shape index (κ2) is 8.57. The van der Waals surface area contributed by atoms with Gasteiger partial charge in [-0.25, -0.2) is 9.87 Å². The Labute approximate surface area is 162 Å². The maximum absolute atomic E-state index is 14.1. The van der Waals surface area contributed by atoms with Crippen molar-refractivity contribution in [2.45, 2.75) is 4.90 Å². The van der Waals surface area contributed by atoms with E-state index in [0.717, 1.165) is 11.1 Å². The number of carbonyl (C=O) groups is 1. The molecule has 1 amide bonds. The van der Waals surface area contributed by atoms with Crippen LogP contribution >= 0.6 is 23.4 Å². The lowest BCUT2D eigenvalue weighted by molar-refractivity contribution is 0.0152. The first-order valence-corrected chi connectivity index (χ1v) is 9.35. The molecule has 0 bridgehead atoms. The number of thioether (sulfide) groups is 1. The molecule has 0 aliphatic heterocycles. The van der Waals surface area contributed by atoms with Crippen molar-refractivity contribution in [3.05, 3.63) is 47.2 Å². The number of furan rings is 1. The van der Waals surface area contributed by atoms with Gasteiger partial charge in [-0.3, -0.25) is 14.6 Å². The fraction of sp³-hybridized carbons (Fsp3) is 0.176. The first kappa shape index (κ1) is 19.4. The van der Waals surface area contributed by atoms with Gasteiger partial charge in [0.1, 0.15) is 5.69 Å². The summed E-state index contributed by atoms with van der Waals surface area (Å²) in [6.07, 6.45) is 4.28. The van der Waals surface area contributed by atoms with E-state index in [1.165, 1.54) is 18.0 Å². The number of hydrogen-bond acceptors (Lipinski definition) is 7. The van der Waals surface area contributed by atoms with Crippen LogP contribution in [0.5, 0.6) is 0 Å². The predicted molar refractivity (Wildman–Crippen MR) is 101 cm³/mol.